The monoisotopic (exact) mass is 348 g/mol. The zero-order chi connectivity index (χ0) is 18.5. The van der Waals surface area contributed by atoms with Crippen LogP contribution in [0.3, 0.4) is 0 Å². The van der Waals surface area contributed by atoms with Crippen molar-refractivity contribution in [1.82, 2.24) is 4.90 Å². The molecular weight excluding hydrogens is 328 g/mol. The molecule has 1 aliphatic rings. The minimum Gasteiger partial charge on any atom is -0.469 e. The number of hydrogen-bond donors (Lipinski definition) is 0. The van der Waals surface area contributed by atoms with Crippen LogP contribution in [-0.4, -0.2) is 37.0 Å². The zero-order valence-electron chi connectivity index (χ0n) is 14.6. The van der Waals surface area contributed by atoms with Gasteiger partial charge in [-0.05, 0) is 47.7 Å². The molecular formula is C21H20N2O3. The van der Waals surface area contributed by atoms with Crippen LogP contribution < -0.4 is 0 Å². The number of hydrogen-bond acceptors (Lipinski definition) is 4. The molecule has 0 N–H and O–H groups in total. The van der Waals surface area contributed by atoms with Crippen LogP contribution in [0.25, 0.3) is 11.1 Å². The number of methoxy groups -OCH3 is 1. The van der Waals surface area contributed by atoms with Crippen molar-refractivity contribution in [2.45, 2.75) is 12.8 Å². The summed E-state index contributed by atoms with van der Waals surface area (Å²) in [6, 6.07) is 16.9. The molecule has 1 saturated heterocycles. The summed E-state index contributed by atoms with van der Waals surface area (Å²) in [5.74, 6) is -0.0656. The van der Waals surface area contributed by atoms with Crippen molar-refractivity contribution < 1.29 is 14.3 Å². The first-order valence-electron chi connectivity index (χ1n) is 8.57. The van der Waals surface area contributed by atoms with Gasteiger partial charge in [0.25, 0.3) is 5.91 Å². The van der Waals surface area contributed by atoms with Crippen LogP contribution in [0, 0.1) is 17.2 Å². The Morgan fingerprint density at radius 1 is 1.12 bits per heavy atom. The van der Waals surface area contributed by atoms with E-state index in [0.717, 1.165) is 17.5 Å². The first kappa shape index (κ1) is 17.7. The minimum atomic E-state index is -0.226. The summed E-state index contributed by atoms with van der Waals surface area (Å²) in [6.07, 6.45) is 1.18. The van der Waals surface area contributed by atoms with Crippen molar-refractivity contribution in [3.8, 4) is 17.2 Å². The van der Waals surface area contributed by atoms with Crippen LogP contribution in [0.4, 0.5) is 0 Å². The maximum absolute atomic E-state index is 12.7. The standard InChI is InChI=1S/C21H20N2O3/c1-26-20(24)12-16-10-11-23(14-16)21(25)19-8-6-18(7-9-19)17-4-2-15(13-22)3-5-17/h2-9,16H,10-12,14H2,1H3. The number of nitriles is 1. The third kappa shape index (κ3) is 3.92. The summed E-state index contributed by atoms with van der Waals surface area (Å²) in [5.41, 5.74) is 3.26. The van der Waals surface area contributed by atoms with Crippen molar-refractivity contribution in [3.05, 3.63) is 59.7 Å². The third-order valence-electron chi connectivity index (χ3n) is 4.74. The number of nitrogens with zero attached hydrogens (tertiary/aromatic N) is 2. The summed E-state index contributed by atoms with van der Waals surface area (Å²) in [6.45, 7) is 1.25. The highest BCUT2D eigenvalue weighted by Crippen LogP contribution is 2.24. The predicted molar refractivity (Wildman–Crippen MR) is 97.2 cm³/mol. The molecule has 1 unspecified atom stereocenters. The molecule has 0 aliphatic carbocycles. The lowest BCUT2D eigenvalue weighted by Crippen LogP contribution is -2.29. The largest absolute Gasteiger partial charge is 0.469 e. The van der Waals surface area contributed by atoms with Gasteiger partial charge in [-0.15, -0.1) is 0 Å². The van der Waals surface area contributed by atoms with Gasteiger partial charge in [0.1, 0.15) is 0 Å². The molecule has 1 atom stereocenters. The SMILES string of the molecule is COC(=O)CC1CCN(C(=O)c2ccc(-c3ccc(C#N)cc3)cc2)C1. The molecule has 0 spiro atoms. The second-order valence-corrected chi connectivity index (χ2v) is 6.45. The Hall–Kier alpha value is -3.13. The van der Waals surface area contributed by atoms with Gasteiger partial charge in [0.15, 0.2) is 0 Å². The summed E-state index contributed by atoms with van der Waals surface area (Å²) < 4.78 is 4.70. The van der Waals surface area contributed by atoms with E-state index in [4.69, 9.17) is 10.00 Å². The first-order valence-corrected chi connectivity index (χ1v) is 8.57. The van der Waals surface area contributed by atoms with E-state index < -0.39 is 0 Å². The molecule has 0 bridgehead atoms. The van der Waals surface area contributed by atoms with Gasteiger partial charge in [-0.3, -0.25) is 9.59 Å². The van der Waals surface area contributed by atoms with Crippen LogP contribution in [-0.2, 0) is 9.53 Å². The number of ether oxygens (including phenoxy) is 1. The molecule has 5 heteroatoms. The topological polar surface area (TPSA) is 70.4 Å². The normalized spacial score (nSPS) is 16.2. The average Bonchev–Trinajstić information content (AvgIpc) is 3.16. The van der Waals surface area contributed by atoms with Crippen LogP contribution in [0.15, 0.2) is 48.5 Å². The summed E-state index contributed by atoms with van der Waals surface area (Å²) in [5, 5.41) is 8.86. The van der Waals surface area contributed by atoms with Crippen molar-refractivity contribution in [2.75, 3.05) is 20.2 Å². The number of esters is 1. The first-order chi connectivity index (χ1) is 12.6. The average molecular weight is 348 g/mol. The van der Waals surface area contributed by atoms with Crippen LogP contribution in [0.2, 0.25) is 0 Å². The van der Waals surface area contributed by atoms with Gasteiger partial charge in [0.05, 0.1) is 25.2 Å². The second kappa shape index (κ2) is 7.83. The van der Waals surface area contributed by atoms with Gasteiger partial charge in [-0.2, -0.15) is 5.26 Å². The Balaban J connectivity index is 1.65. The molecule has 0 radical (unpaired) electrons. The molecule has 2 aromatic carbocycles. The minimum absolute atomic E-state index is 0.0104. The molecule has 2 aromatic rings. The van der Waals surface area contributed by atoms with E-state index in [1.54, 1.807) is 17.0 Å². The Bertz CT molecular complexity index is 835. The van der Waals surface area contributed by atoms with Gasteiger partial charge in [-0.25, -0.2) is 0 Å². The van der Waals surface area contributed by atoms with E-state index >= 15 is 0 Å². The highest BCUT2D eigenvalue weighted by molar-refractivity contribution is 5.95. The van der Waals surface area contributed by atoms with Crippen LogP contribution in [0.1, 0.15) is 28.8 Å². The van der Waals surface area contributed by atoms with Gasteiger partial charge in [-0.1, -0.05) is 24.3 Å². The number of benzene rings is 2. The van der Waals surface area contributed by atoms with E-state index in [2.05, 4.69) is 6.07 Å². The Kier molecular flexibility index (Phi) is 5.33. The van der Waals surface area contributed by atoms with E-state index in [1.165, 1.54) is 7.11 Å². The molecule has 1 heterocycles. The Labute approximate surface area is 152 Å². The number of amides is 1. The lowest BCUT2D eigenvalue weighted by atomic mass is 10.0. The lowest BCUT2D eigenvalue weighted by Gasteiger charge is -2.16. The van der Waals surface area contributed by atoms with Gasteiger partial charge in [0.2, 0.25) is 0 Å². The van der Waals surface area contributed by atoms with Gasteiger partial charge >= 0.3 is 5.97 Å². The Morgan fingerprint density at radius 2 is 1.73 bits per heavy atom. The van der Waals surface area contributed by atoms with E-state index in [-0.39, 0.29) is 17.8 Å². The Morgan fingerprint density at radius 3 is 2.31 bits per heavy atom. The fourth-order valence-corrected chi connectivity index (χ4v) is 3.23. The zero-order valence-corrected chi connectivity index (χ0v) is 14.6. The van der Waals surface area contributed by atoms with Crippen molar-refractivity contribution in [3.63, 3.8) is 0 Å². The van der Waals surface area contributed by atoms with Crippen LogP contribution >= 0.6 is 0 Å². The summed E-state index contributed by atoms with van der Waals surface area (Å²) in [7, 11) is 1.38. The number of likely N-dealkylation sites (tertiary alicyclic amines) is 1. The predicted octanol–water partition coefficient (Wildman–Crippen LogP) is 3.25. The highest BCUT2D eigenvalue weighted by atomic mass is 16.5. The molecule has 26 heavy (non-hydrogen) atoms. The van der Waals surface area contributed by atoms with Crippen LogP contribution in [0.5, 0.6) is 0 Å². The summed E-state index contributed by atoms with van der Waals surface area (Å²) >= 11 is 0. The van der Waals surface area contributed by atoms with Gasteiger partial charge < -0.3 is 9.64 Å². The third-order valence-corrected chi connectivity index (χ3v) is 4.74. The van der Waals surface area contributed by atoms with Crippen molar-refractivity contribution in [1.29, 1.82) is 5.26 Å². The fourth-order valence-electron chi connectivity index (χ4n) is 3.23. The molecule has 1 amide bonds. The number of carbonyl (C=O) groups excluding carboxylic acids is 2. The van der Waals surface area contributed by atoms with E-state index in [0.29, 0.717) is 30.6 Å². The fraction of sp³-hybridized carbons (Fsp3) is 0.286. The van der Waals surface area contributed by atoms with Gasteiger partial charge in [0, 0.05) is 18.7 Å². The highest BCUT2D eigenvalue weighted by Gasteiger charge is 2.28. The lowest BCUT2D eigenvalue weighted by molar-refractivity contribution is -0.141. The maximum Gasteiger partial charge on any atom is 0.305 e. The smallest absolute Gasteiger partial charge is 0.305 e. The molecule has 0 aromatic heterocycles. The number of rotatable bonds is 4. The summed E-state index contributed by atoms with van der Waals surface area (Å²) in [4.78, 5) is 25.8. The molecule has 1 fully saturated rings. The molecule has 1 aliphatic heterocycles. The van der Waals surface area contributed by atoms with E-state index in [1.807, 2.05) is 36.4 Å². The van der Waals surface area contributed by atoms with Crippen molar-refractivity contribution in [2.24, 2.45) is 5.92 Å². The molecule has 3 rings (SSSR count). The van der Waals surface area contributed by atoms with E-state index in [9.17, 15) is 9.59 Å². The quantitative estimate of drug-likeness (QED) is 0.795. The maximum atomic E-state index is 12.7. The molecule has 0 saturated carbocycles. The van der Waals surface area contributed by atoms with Crippen molar-refractivity contribution >= 4 is 11.9 Å². The second-order valence-electron chi connectivity index (χ2n) is 6.45. The molecule has 132 valence electrons. The molecule has 5 nitrogen and oxygen atoms in total. The number of carbonyl (C=O) groups is 2.